The van der Waals surface area contributed by atoms with Crippen LogP contribution in [-0.2, 0) is 6.54 Å². The summed E-state index contributed by atoms with van der Waals surface area (Å²) in [6.45, 7) is 2.10. The lowest BCUT2D eigenvalue weighted by molar-refractivity contribution is -0.384. The molecule has 21 heavy (non-hydrogen) atoms. The lowest BCUT2D eigenvalue weighted by atomic mass is 10.1. The Hall–Kier alpha value is -2.91. The molecule has 0 saturated heterocycles. The Labute approximate surface area is 121 Å². The maximum Gasteiger partial charge on any atom is 0.273 e. The zero-order chi connectivity index (χ0) is 15.4. The van der Waals surface area contributed by atoms with Crippen molar-refractivity contribution in [3.05, 3.63) is 63.2 Å². The second-order valence-corrected chi connectivity index (χ2v) is 4.46. The van der Waals surface area contributed by atoms with Crippen LogP contribution in [0.4, 0.5) is 5.69 Å². The molecule has 0 saturated carbocycles. The fourth-order valence-electron chi connectivity index (χ4n) is 1.81. The highest BCUT2D eigenvalue weighted by molar-refractivity contribution is 5.50. The molecule has 106 valence electrons. The number of aryl methyl sites for hydroxylation is 1. The van der Waals surface area contributed by atoms with Crippen LogP contribution < -0.4 is 10.5 Å². The Bertz CT molecular complexity index is 735. The van der Waals surface area contributed by atoms with Crippen LogP contribution in [0.25, 0.3) is 0 Å². The molecule has 0 radical (unpaired) electrons. The summed E-state index contributed by atoms with van der Waals surface area (Å²) >= 11 is 0. The summed E-state index contributed by atoms with van der Waals surface area (Å²) in [5, 5.41) is 20.0. The SMILES string of the molecule is Cc1ccc([N+](=O)[O-])cc1Oc1ccc(CN)cc1C#N. The van der Waals surface area contributed by atoms with Gasteiger partial charge in [0.05, 0.1) is 16.6 Å². The largest absolute Gasteiger partial charge is 0.455 e. The van der Waals surface area contributed by atoms with E-state index < -0.39 is 4.92 Å². The van der Waals surface area contributed by atoms with Crippen LogP contribution in [0.5, 0.6) is 11.5 Å². The number of nitriles is 1. The minimum absolute atomic E-state index is 0.0623. The van der Waals surface area contributed by atoms with Crippen molar-refractivity contribution in [2.75, 3.05) is 0 Å². The lowest BCUT2D eigenvalue weighted by Gasteiger charge is -2.10. The summed E-state index contributed by atoms with van der Waals surface area (Å²) in [7, 11) is 0. The standard InChI is InChI=1S/C15H13N3O3/c1-10-2-4-13(18(19)20)7-15(10)21-14-5-3-11(8-16)6-12(14)9-17/h2-7H,8,16H2,1H3. The molecule has 0 aliphatic heterocycles. The van der Waals surface area contributed by atoms with Gasteiger partial charge in [-0.2, -0.15) is 5.26 Å². The number of nitrogens with two attached hydrogens (primary N) is 1. The van der Waals surface area contributed by atoms with Crippen molar-refractivity contribution >= 4 is 5.69 Å². The molecule has 2 aromatic carbocycles. The number of nitrogens with zero attached hydrogens (tertiary/aromatic N) is 2. The molecule has 0 aliphatic carbocycles. The molecule has 0 heterocycles. The Morgan fingerprint density at radius 1 is 1.29 bits per heavy atom. The fraction of sp³-hybridized carbons (Fsp3) is 0.133. The summed E-state index contributed by atoms with van der Waals surface area (Å²) < 4.78 is 5.65. The van der Waals surface area contributed by atoms with Gasteiger partial charge in [-0.25, -0.2) is 0 Å². The smallest absolute Gasteiger partial charge is 0.273 e. The van der Waals surface area contributed by atoms with Crippen molar-refractivity contribution in [3.8, 4) is 17.6 Å². The van der Waals surface area contributed by atoms with Crippen molar-refractivity contribution < 1.29 is 9.66 Å². The number of nitro benzene ring substituents is 1. The molecular weight excluding hydrogens is 270 g/mol. The van der Waals surface area contributed by atoms with Crippen LogP contribution >= 0.6 is 0 Å². The molecule has 0 bridgehead atoms. The van der Waals surface area contributed by atoms with E-state index in [2.05, 4.69) is 0 Å². The second-order valence-electron chi connectivity index (χ2n) is 4.46. The van der Waals surface area contributed by atoms with Crippen LogP contribution in [0.2, 0.25) is 0 Å². The van der Waals surface area contributed by atoms with Crippen molar-refractivity contribution in [1.82, 2.24) is 0 Å². The average molecular weight is 283 g/mol. The summed E-state index contributed by atoms with van der Waals surface area (Å²) in [5.41, 5.74) is 7.36. The quantitative estimate of drug-likeness (QED) is 0.686. The van der Waals surface area contributed by atoms with Gasteiger partial charge in [0.15, 0.2) is 0 Å². The van der Waals surface area contributed by atoms with Crippen molar-refractivity contribution in [2.45, 2.75) is 13.5 Å². The maximum atomic E-state index is 10.8. The number of hydrogen-bond acceptors (Lipinski definition) is 5. The minimum atomic E-state index is -0.491. The average Bonchev–Trinajstić information content (AvgIpc) is 2.49. The van der Waals surface area contributed by atoms with E-state index in [9.17, 15) is 10.1 Å². The highest BCUT2D eigenvalue weighted by Gasteiger charge is 2.12. The van der Waals surface area contributed by atoms with E-state index in [0.717, 1.165) is 11.1 Å². The molecule has 0 aliphatic rings. The van der Waals surface area contributed by atoms with Gasteiger partial charge in [-0.3, -0.25) is 10.1 Å². The van der Waals surface area contributed by atoms with E-state index >= 15 is 0 Å². The number of nitro groups is 1. The van der Waals surface area contributed by atoms with E-state index in [-0.39, 0.29) is 5.69 Å². The monoisotopic (exact) mass is 283 g/mol. The van der Waals surface area contributed by atoms with Gasteiger partial charge in [0.25, 0.3) is 5.69 Å². The van der Waals surface area contributed by atoms with E-state index in [1.54, 1.807) is 31.2 Å². The molecular formula is C15H13N3O3. The number of non-ortho nitro benzene ring substituents is 1. The molecule has 6 heteroatoms. The predicted octanol–water partition coefficient (Wildman–Crippen LogP) is 3.03. The molecule has 2 N–H and O–H groups in total. The number of hydrogen-bond donors (Lipinski definition) is 1. The van der Waals surface area contributed by atoms with Crippen molar-refractivity contribution in [1.29, 1.82) is 5.26 Å². The van der Waals surface area contributed by atoms with E-state index in [1.165, 1.54) is 12.1 Å². The van der Waals surface area contributed by atoms with E-state index in [4.69, 9.17) is 15.7 Å². The van der Waals surface area contributed by atoms with Gasteiger partial charge >= 0.3 is 0 Å². The van der Waals surface area contributed by atoms with Crippen LogP contribution in [0.3, 0.4) is 0 Å². The summed E-state index contributed by atoms with van der Waals surface area (Å²) in [4.78, 5) is 10.3. The van der Waals surface area contributed by atoms with Gasteiger partial charge in [-0.1, -0.05) is 6.07 Å². The third kappa shape index (κ3) is 3.16. The normalized spacial score (nSPS) is 9.95. The first kappa shape index (κ1) is 14.5. The Balaban J connectivity index is 2.40. The topological polar surface area (TPSA) is 102 Å². The molecule has 0 aromatic heterocycles. The van der Waals surface area contributed by atoms with Gasteiger partial charge in [0.1, 0.15) is 17.6 Å². The summed E-state index contributed by atoms with van der Waals surface area (Å²) in [6.07, 6.45) is 0. The molecule has 0 fully saturated rings. The van der Waals surface area contributed by atoms with Gasteiger partial charge in [0.2, 0.25) is 0 Å². The fourth-order valence-corrected chi connectivity index (χ4v) is 1.81. The van der Waals surface area contributed by atoms with Crippen molar-refractivity contribution in [2.24, 2.45) is 5.73 Å². The first-order valence-electron chi connectivity index (χ1n) is 6.21. The maximum absolute atomic E-state index is 10.8. The highest BCUT2D eigenvalue weighted by atomic mass is 16.6. The summed E-state index contributed by atoms with van der Waals surface area (Å²) in [5.74, 6) is 0.694. The molecule has 0 spiro atoms. The van der Waals surface area contributed by atoms with E-state index in [0.29, 0.717) is 23.6 Å². The molecule has 0 atom stereocenters. The van der Waals surface area contributed by atoms with Crippen LogP contribution in [-0.4, -0.2) is 4.92 Å². The molecule has 0 amide bonds. The Morgan fingerprint density at radius 2 is 2.05 bits per heavy atom. The summed E-state index contributed by atoms with van der Waals surface area (Å²) in [6, 6.07) is 11.4. The molecule has 6 nitrogen and oxygen atoms in total. The number of ether oxygens (including phenoxy) is 1. The van der Waals surface area contributed by atoms with Crippen LogP contribution in [0.15, 0.2) is 36.4 Å². The minimum Gasteiger partial charge on any atom is -0.455 e. The molecule has 2 rings (SSSR count). The van der Waals surface area contributed by atoms with E-state index in [1.807, 2.05) is 6.07 Å². The Morgan fingerprint density at radius 3 is 2.67 bits per heavy atom. The van der Waals surface area contributed by atoms with Crippen LogP contribution in [0, 0.1) is 28.4 Å². The number of rotatable bonds is 4. The van der Waals surface area contributed by atoms with Gasteiger partial charge in [-0.15, -0.1) is 0 Å². The van der Waals surface area contributed by atoms with Crippen LogP contribution in [0.1, 0.15) is 16.7 Å². The highest BCUT2D eigenvalue weighted by Crippen LogP contribution is 2.31. The van der Waals surface area contributed by atoms with Crippen molar-refractivity contribution in [3.63, 3.8) is 0 Å². The third-order valence-electron chi connectivity index (χ3n) is 3.00. The van der Waals surface area contributed by atoms with Gasteiger partial charge < -0.3 is 10.5 Å². The molecule has 0 unspecified atom stereocenters. The van der Waals surface area contributed by atoms with Gasteiger partial charge in [-0.05, 0) is 36.2 Å². The number of benzene rings is 2. The van der Waals surface area contributed by atoms with Gasteiger partial charge in [0, 0.05) is 12.6 Å². The lowest BCUT2D eigenvalue weighted by Crippen LogP contribution is -1.98. The zero-order valence-electron chi connectivity index (χ0n) is 11.4. The predicted molar refractivity (Wildman–Crippen MR) is 77.0 cm³/mol. The first-order valence-corrected chi connectivity index (χ1v) is 6.21. The Kier molecular flexibility index (Phi) is 4.16. The third-order valence-corrected chi connectivity index (χ3v) is 3.00. The molecule has 2 aromatic rings. The second kappa shape index (κ2) is 6.03. The zero-order valence-corrected chi connectivity index (χ0v) is 11.4. The first-order chi connectivity index (χ1) is 10.0.